The van der Waals surface area contributed by atoms with Crippen molar-refractivity contribution in [2.24, 2.45) is 5.73 Å². The molecule has 2 aliphatic carbocycles. The number of nitrogen functional groups attached to an aromatic ring is 1. The second-order valence-corrected chi connectivity index (χ2v) is 7.98. The molecule has 0 saturated carbocycles. The van der Waals surface area contributed by atoms with Crippen LogP contribution in [0.2, 0.25) is 0 Å². The summed E-state index contributed by atoms with van der Waals surface area (Å²) in [6.07, 6.45) is 4.30. The summed E-state index contributed by atoms with van der Waals surface area (Å²) in [4.78, 5) is 0. The van der Waals surface area contributed by atoms with Gasteiger partial charge in [0, 0.05) is 10.8 Å². The largest absolute Gasteiger partial charge is 0.506 e. The first kappa shape index (κ1) is 18.8. The van der Waals surface area contributed by atoms with E-state index >= 15 is 0 Å². The standard InChI is InChI=1S/C24H28N2O2/c1-4-14-15-12-21(27)20(25)13-19(15)24(5-2)18-9-7-6-8-17(18)23(24,3)16(14)10-11-22(26)28/h6-13,22,27-28H,4-5,25-26H2,1-3H3/b11-10-. The van der Waals surface area contributed by atoms with Crippen molar-refractivity contribution in [3.05, 3.63) is 76.4 Å². The predicted octanol–water partition coefficient (Wildman–Crippen LogP) is 3.95. The van der Waals surface area contributed by atoms with E-state index in [9.17, 15) is 10.2 Å². The van der Waals surface area contributed by atoms with Crippen LogP contribution in [0.25, 0.3) is 5.57 Å². The Morgan fingerprint density at radius 3 is 2.39 bits per heavy atom. The zero-order chi connectivity index (χ0) is 20.3. The third-order valence-electron chi connectivity index (χ3n) is 6.94. The molecule has 146 valence electrons. The van der Waals surface area contributed by atoms with Gasteiger partial charge in [-0.15, -0.1) is 0 Å². The van der Waals surface area contributed by atoms with Gasteiger partial charge in [0.1, 0.15) is 12.0 Å². The fourth-order valence-electron chi connectivity index (χ4n) is 5.75. The van der Waals surface area contributed by atoms with Gasteiger partial charge in [-0.25, -0.2) is 0 Å². The molecule has 3 unspecified atom stereocenters. The molecule has 28 heavy (non-hydrogen) atoms. The molecule has 0 aromatic heterocycles. The average molecular weight is 377 g/mol. The molecule has 2 aromatic carbocycles. The lowest BCUT2D eigenvalue weighted by atomic mass is 9.39. The Bertz CT molecular complexity index is 1020. The molecule has 0 bridgehead atoms. The molecule has 0 amide bonds. The predicted molar refractivity (Wildman–Crippen MR) is 114 cm³/mol. The molecule has 0 heterocycles. The van der Waals surface area contributed by atoms with Crippen LogP contribution in [0.4, 0.5) is 5.69 Å². The van der Waals surface area contributed by atoms with E-state index < -0.39 is 6.23 Å². The molecule has 0 aliphatic heterocycles. The SMILES string of the molecule is CCC1=C(/C=C\C(N)O)C2(C)c3ccccc3C2(CC)c2cc(N)c(O)cc21. The van der Waals surface area contributed by atoms with Crippen LogP contribution >= 0.6 is 0 Å². The van der Waals surface area contributed by atoms with Gasteiger partial charge in [0.2, 0.25) is 0 Å². The molecule has 2 aliphatic rings. The van der Waals surface area contributed by atoms with Gasteiger partial charge in [0.25, 0.3) is 0 Å². The molecular weight excluding hydrogens is 348 g/mol. The van der Waals surface area contributed by atoms with Crippen molar-refractivity contribution in [3.8, 4) is 5.75 Å². The number of allylic oxidation sites excluding steroid dienone is 3. The number of aliphatic hydroxyl groups is 1. The summed E-state index contributed by atoms with van der Waals surface area (Å²) in [5, 5.41) is 20.1. The maximum atomic E-state index is 10.4. The van der Waals surface area contributed by atoms with Crippen molar-refractivity contribution in [3.63, 3.8) is 0 Å². The second-order valence-electron chi connectivity index (χ2n) is 7.98. The number of anilines is 1. The summed E-state index contributed by atoms with van der Waals surface area (Å²) >= 11 is 0. The number of rotatable bonds is 4. The van der Waals surface area contributed by atoms with Gasteiger partial charge < -0.3 is 21.7 Å². The van der Waals surface area contributed by atoms with E-state index in [2.05, 4.69) is 45.0 Å². The number of aliphatic hydroxyl groups excluding tert-OH is 1. The number of hydrogen-bond donors (Lipinski definition) is 4. The Kier molecular flexibility index (Phi) is 4.18. The van der Waals surface area contributed by atoms with Crippen molar-refractivity contribution in [2.45, 2.75) is 50.7 Å². The summed E-state index contributed by atoms with van der Waals surface area (Å²) in [6.45, 7) is 6.60. The zero-order valence-corrected chi connectivity index (χ0v) is 16.7. The Morgan fingerprint density at radius 1 is 1.11 bits per heavy atom. The number of hydrogen-bond acceptors (Lipinski definition) is 4. The van der Waals surface area contributed by atoms with Gasteiger partial charge in [-0.1, -0.05) is 51.1 Å². The minimum absolute atomic E-state index is 0.106. The third kappa shape index (κ3) is 2.07. The van der Waals surface area contributed by atoms with Crippen molar-refractivity contribution < 1.29 is 10.2 Å². The van der Waals surface area contributed by atoms with Crippen molar-refractivity contribution >= 4 is 11.3 Å². The van der Waals surface area contributed by atoms with E-state index in [4.69, 9.17) is 11.5 Å². The molecule has 4 heteroatoms. The molecule has 2 aromatic rings. The third-order valence-corrected chi connectivity index (χ3v) is 6.94. The maximum Gasteiger partial charge on any atom is 0.139 e. The van der Waals surface area contributed by atoms with Gasteiger partial charge >= 0.3 is 0 Å². The smallest absolute Gasteiger partial charge is 0.139 e. The summed E-state index contributed by atoms with van der Waals surface area (Å²) in [6, 6.07) is 12.3. The van der Waals surface area contributed by atoms with Crippen LogP contribution in [-0.4, -0.2) is 16.4 Å². The minimum Gasteiger partial charge on any atom is -0.506 e. The highest BCUT2D eigenvalue weighted by molar-refractivity contribution is 5.88. The number of phenols is 1. The lowest BCUT2D eigenvalue weighted by molar-refractivity contribution is 0.230. The van der Waals surface area contributed by atoms with Crippen LogP contribution in [0.1, 0.15) is 55.9 Å². The highest BCUT2D eigenvalue weighted by Crippen LogP contribution is 2.69. The first-order valence-corrected chi connectivity index (χ1v) is 9.91. The molecule has 4 rings (SSSR count). The molecule has 0 fully saturated rings. The van der Waals surface area contributed by atoms with Gasteiger partial charge in [0.05, 0.1) is 5.69 Å². The van der Waals surface area contributed by atoms with Crippen LogP contribution in [0, 0.1) is 0 Å². The lowest BCUT2D eigenvalue weighted by Gasteiger charge is -2.63. The molecule has 0 radical (unpaired) electrons. The topological polar surface area (TPSA) is 92.5 Å². The molecule has 3 atom stereocenters. The fraction of sp³-hybridized carbons (Fsp3) is 0.333. The highest BCUT2D eigenvalue weighted by Gasteiger charge is 2.64. The minimum atomic E-state index is -1.01. The number of nitrogens with two attached hydrogens (primary N) is 2. The summed E-state index contributed by atoms with van der Waals surface area (Å²) in [7, 11) is 0. The van der Waals surface area contributed by atoms with E-state index in [0.717, 1.165) is 29.6 Å². The van der Waals surface area contributed by atoms with Crippen molar-refractivity contribution in [2.75, 3.05) is 5.73 Å². The van der Waals surface area contributed by atoms with E-state index in [1.807, 2.05) is 12.1 Å². The van der Waals surface area contributed by atoms with Crippen LogP contribution in [0.5, 0.6) is 5.75 Å². The van der Waals surface area contributed by atoms with Crippen molar-refractivity contribution in [1.29, 1.82) is 0 Å². The van der Waals surface area contributed by atoms with Crippen LogP contribution in [0.3, 0.4) is 0 Å². The zero-order valence-electron chi connectivity index (χ0n) is 16.7. The van der Waals surface area contributed by atoms with E-state index in [-0.39, 0.29) is 16.6 Å². The quantitative estimate of drug-likeness (QED) is 0.369. The maximum absolute atomic E-state index is 10.4. The summed E-state index contributed by atoms with van der Waals surface area (Å²) in [5.74, 6) is 0.106. The van der Waals surface area contributed by atoms with Gasteiger partial charge in [0.15, 0.2) is 0 Å². The molecule has 0 saturated heterocycles. The molecule has 0 spiro atoms. The van der Waals surface area contributed by atoms with Crippen LogP contribution in [0.15, 0.2) is 54.1 Å². The first-order chi connectivity index (χ1) is 13.3. The molecule has 6 N–H and O–H groups in total. The van der Waals surface area contributed by atoms with Gasteiger partial charge in [-0.05, 0) is 64.5 Å². The van der Waals surface area contributed by atoms with Gasteiger partial charge in [-0.2, -0.15) is 0 Å². The normalized spacial score (nSPS) is 26.5. The van der Waals surface area contributed by atoms with Gasteiger partial charge in [-0.3, -0.25) is 0 Å². The van der Waals surface area contributed by atoms with E-state index in [1.165, 1.54) is 16.7 Å². The van der Waals surface area contributed by atoms with Crippen molar-refractivity contribution in [1.82, 2.24) is 0 Å². The Labute approximate surface area is 166 Å². The number of phenolic OH excluding ortho intramolecular Hbond substituents is 1. The fourth-order valence-corrected chi connectivity index (χ4v) is 5.75. The highest BCUT2D eigenvalue weighted by atomic mass is 16.3. The molecule has 4 nitrogen and oxygen atoms in total. The van der Waals surface area contributed by atoms with E-state index in [0.29, 0.717) is 5.69 Å². The number of aromatic hydroxyl groups is 1. The van der Waals surface area contributed by atoms with Crippen LogP contribution in [-0.2, 0) is 10.8 Å². The number of fused-ring (bicyclic) bond motifs is 6. The first-order valence-electron chi connectivity index (χ1n) is 9.91. The lowest BCUT2D eigenvalue weighted by Crippen LogP contribution is -2.60. The Balaban J connectivity index is 2.16. The summed E-state index contributed by atoms with van der Waals surface area (Å²) in [5.41, 5.74) is 18.8. The number of benzene rings is 2. The Hall–Kier alpha value is -2.56. The monoisotopic (exact) mass is 376 g/mol. The molecular formula is C24H28N2O2. The average Bonchev–Trinajstić information content (AvgIpc) is 2.67. The summed E-state index contributed by atoms with van der Waals surface area (Å²) < 4.78 is 0. The van der Waals surface area contributed by atoms with E-state index in [1.54, 1.807) is 12.1 Å². The Morgan fingerprint density at radius 2 is 1.79 bits per heavy atom. The van der Waals surface area contributed by atoms with Crippen LogP contribution < -0.4 is 11.5 Å². The second kappa shape index (κ2) is 6.23.